The lowest BCUT2D eigenvalue weighted by molar-refractivity contribution is -0.384. The fraction of sp³-hybridized carbons (Fsp3) is 0.238. The molecule has 0 unspecified atom stereocenters. The van der Waals surface area contributed by atoms with Gasteiger partial charge >= 0.3 is 0 Å². The summed E-state index contributed by atoms with van der Waals surface area (Å²) in [5.41, 5.74) is 1.86. The SMILES string of the molecule is CC[C@@H](C)Nc1nc(Nc2ccc(OC)cc2[N+](=O)[O-])cc(-c2ccccc2)n1. The summed E-state index contributed by atoms with van der Waals surface area (Å²) in [7, 11) is 1.47. The lowest BCUT2D eigenvalue weighted by Crippen LogP contribution is -2.16. The third-order valence-corrected chi connectivity index (χ3v) is 4.45. The highest BCUT2D eigenvalue weighted by atomic mass is 16.6. The van der Waals surface area contributed by atoms with Crippen molar-refractivity contribution in [2.75, 3.05) is 17.7 Å². The standard InChI is InChI=1S/C21H23N5O3/c1-4-14(2)22-21-24-18(15-8-6-5-7-9-15)13-20(25-21)23-17-11-10-16(29-3)12-19(17)26(27)28/h5-14H,4H2,1-3H3,(H2,22,23,24,25)/t14-/m1/s1. The molecule has 0 aliphatic carbocycles. The zero-order valence-electron chi connectivity index (χ0n) is 16.5. The summed E-state index contributed by atoms with van der Waals surface area (Å²) in [5, 5.41) is 17.8. The predicted molar refractivity (Wildman–Crippen MR) is 114 cm³/mol. The maximum absolute atomic E-state index is 11.5. The Morgan fingerprint density at radius 3 is 2.55 bits per heavy atom. The Labute approximate surface area is 169 Å². The zero-order chi connectivity index (χ0) is 20.8. The third-order valence-electron chi connectivity index (χ3n) is 4.45. The van der Waals surface area contributed by atoms with Crippen LogP contribution < -0.4 is 15.4 Å². The summed E-state index contributed by atoms with van der Waals surface area (Å²) in [6, 6.07) is 16.3. The molecular weight excluding hydrogens is 370 g/mol. The normalized spacial score (nSPS) is 11.6. The molecule has 150 valence electrons. The smallest absolute Gasteiger partial charge is 0.296 e. The third kappa shape index (κ3) is 4.98. The molecule has 3 aromatic rings. The molecule has 29 heavy (non-hydrogen) atoms. The highest BCUT2D eigenvalue weighted by Gasteiger charge is 2.17. The lowest BCUT2D eigenvalue weighted by Gasteiger charge is -2.15. The number of hydrogen-bond acceptors (Lipinski definition) is 7. The van der Waals surface area contributed by atoms with Crippen molar-refractivity contribution in [3.8, 4) is 17.0 Å². The minimum atomic E-state index is -0.456. The Bertz CT molecular complexity index is 995. The van der Waals surface area contributed by atoms with Gasteiger partial charge in [-0.05, 0) is 25.5 Å². The molecule has 0 bridgehead atoms. The molecular formula is C21H23N5O3. The van der Waals surface area contributed by atoms with Crippen LogP contribution in [0.5, 0.6) is 5.75 Å². The average Bonchev–Trinajstić information content (AvgIpc) is 2.74. The fourth-order valence-electron chi connectivity index (χ4n) is 2.69. The first-order valence-corrected chi connectivity index (χ1v) is 9.30. The van der Waals surface area contributed by atoms with E-state index in [1.807, 2.05) is 37.3 Å². The highest BCUT2D eigenvalue weighted by molar-refractivity contribution is 5.72. The summed E-state index contributed by atoms with van der Waals surface area (Å²) in [5.74, 6) is 1.33. The van der Waals surface area contributed by atoms with E-state index in [9.17, 15) is 10.1 Å². The molecule has 1 atom stereocenters. The minimum Gasteiger partial charge on any atom is -0.496 e. The van der Waals surface area contributed by atoms with E-state index in [-0.39, 0.29) is 11.7 Å². The van der Waals surface area contributed by atoms with E-state index in [1.54, 1.807) is 18.2 Å². The fourth-order valence-corrected chi connectivity index (χ4v) is 2.69. The Kier molecular flexibility index (Phi) is 6.23. The van der Waals surface area contributed by atoms with Gasteiger partial charge in [0.1, 0.15) is 17.3 Å². The van der Waals surface area contributed by atoms with Crippen LogP contribution in [-0.4, -0.2) is 28.0 Å². The van der Waals surface area contributed by atoms with E-state index in [0.717, 1.165) is 12.0 Å². The molecule has 0 aliphatic heterocycles. The molecule has 8 heteroatoms. The van der Waals surface area contributed by atoms with Gasteiger partial charge in [-0.15, -0.1) is 0 Å². The van der Waals surface area contributed by atoms with Gasteiger partial charge in [0.25, 0.3) is 5.69 Å². The second-order valence-corrected chi connectivity index (χ2v) is 6.55. The number of nitro groups is 1. The number of hydrogen-bond donors (Lipinski definition) is 2. The predicted octanol–water partition coefficient (Wildman–Crippen LogP) is 5.01. The molecule has 1 heterocycles. The van der Waals surface area contributed by atoms with E-state index in [2.05, 4.69) is 27.5 Å². The van der Waals surface area contributed by atoms with Gasteiger partial charge in [-0.1, -0.05) is 37.3 Å². The number of anilines is 3. The van der Waals surface area contributed by atoms with Crippen molar-refractivity contribution in [1.29, 1.82) is 0 Å². The second kappa shape index (κ2) is 9.01. The van der Waals surface area contributed by atoms with Crippen molar-refractivity contribution in [2.45, 2.75) is 26.3 Å². The van der Waals surface area contributed by atoms with Crippen molar-refractivity contribution in [2.24, 2.45) is 0 Å². The molecule has 2 aromatic carbocycles. The van der Waals surface area contributed by atoms with Gasteiger partial charge in [-0.3, -0.25) is 10.1 Å². The zero-order valence-corrected chi connectivity index (χ0v) is 16.5. The van der Waals surface area contributed by atoms with Gasteiger partial charge in [0, 0.05) is 17.7 Å². The first kappa shape index (κ1) is 20.1. The van der Waals surface area contributed by atoms with Crippen LogP contribution in [0, 0.1) is 10.1 Å². The Balaban J connectivity index is 2.02. The van der Waals surface area contributed by atoms with Gasteiger partial charge in [0.05, 0.1) is 23.8 Å². The minimum absolute atomic E-state index is 0.0966. The van der Waals surface area contributed by atoms with Crippen LogP contribution >= 0.6 is 0 Å². The highest BCUT2D eigenvalue weighted by Crippen LogP contribution is 2.32. The number of rotatable bonds is 8. The summed E-state index contributed by atoms with van der Waals surface area (Å²) < 4.78 is 5.09. The van der Waals surface area contributed by atoms with Crippen molar-refractivity contribution in [1.82, 2.24) is 9.97 Å². The van der Waals surface area contributed by atoms with E-state index >= 15 is 0 Å². The van der Waals surface area contributed by atoms with Crippen LogP contribution in [0.4, 0.5) is 23.1 Å². The van der Waals surface area contributed by atoms with Gasteiger partial charge in [-0.25, -0.2) is 4.98 Å². The van der Waals surface area contributed by atoms with E-state index in [0.29, 0.717) is 28.9 Å². The maximum Gasteiger partial charge on any atom is 0.296 e. The molecule has 0 radical (unpaired) electrons. The quantitative estimate of drug-likeness (QED) is 0.409. The van der Waals surface area contributed by atoms with Gasteiger partial charge in [0.15, 0.2) is 0 Å². The largest absolute Gasteiger partial charge is 0.496 e. The molecule has 0 saturated carbocycles. The Hall–Kier alpha value is -3.68. The summed E-state index contributed by atoms with van der Waals surface area (Å²) in [4.78, 5) is 20.1. The van der Waals surface area contributed by atoms with Crippen molar-refractivity contribution >= 4 is 23.1 Å². The van der Waals surface area contributed by atoms with E-state index in [4.69, 9.17) is 4.74 Å². The number of methoxy groups -OCH3 is 1. The summed E-state index contributed by atoms with van der Waals surface area (Å²) >= 11 is 0. The first-order valence-electron chi connectivity index (χ1n) is 9.30. The molecule has 8 nitrogen and oxygen atoms in total. The van der Waals surface area contributed by atoms with Crippen molar-refractivity contribution in [3.05, 3.63) is 64.7 Å². The number of nitro benzene ring substituents is 1. The molecule has 0 amide bonds. The van der Waals surface area contributed by atoms with E-state index < -0.39 is 4.92 Å². The summed E-state index contributed by atoms with van der Waals surface area (Å²) in [6.07, 6.45) is 0.908. The number of benzene rings is 2. The number of ether oxygens (including phenoxy) is 1. The molecule has 3 rings (SSSR count). The molecule has 2 N–H and O–H groups in total. The Morgan fingerprint density at radius 2 is 1.90 bits per heavy atom. The van der Waals surface area contributed by atoms with Gasteiger partial charge in [0.2, 0.25) is 5.95 Å². The van der Waals surface area contributed by atoms with Gasteiger partial charge < -0.3 is 15.4 Å². The number of aromatic nitrogens is 2. The molecule has 0 fully saturated rings. The van der Waals surface area contributed by atoms with E-state index in [1.165, 1.54) is 13.2 Å². The van der Waals surface area contributed by atoms with Crippen LogP contribution in [0.2, 0.25) is 0 Å². The lowest BCUT2D eigenvalue weighted by atomic mass is 10.1. The molecule has 0 aliphatic rings. The van der Waals surface area contributed by atoms with Crippen LogP contribution in [-0.2, 0) is 0 Å². The second-order valence-electron chi connectivity index (χ2n) is 6.55. The van der Waals surface area contributed by atoms with Crippen LogP contribution in [0.3, 0.4) is 0 Å². The van der Waals surface area contributed by atoms with Crippen molar-refractivity contribution < 1.29 is 9.66 Å². The molecule has 1 aromatic heterocycles. The number of nitrogens with one attached hydrogen (secondary N) is 2. The Morgan fingerprint density at radius 1 is 1.14 bits per heavy atom. The molecule has 0 spiro atoms. The monoisotopic (exact) mass is 393 g/mol. The first-order chi connectivity index (χ1) is 14.0. The summed E-state index contributed by atoms with van der Waals surface area (Å²) in [6.45, 7) is 4.11. The molecule has 0 saturated heterocycles. The van der Waals surface area contributed by atoms with Crippen LogP contribution in [0.25, 0.3) is 11.3 Å². The van der Waals surface area contributed by atoms with Crippen LogP contribution in [0.1, 0.15) is 20.3 Å². The topological polar surface area (TPSA) is 102 Å². The van der Waals surface area contributed by atoms with Crippen molar-refractivity contribution in [3.63, 3.8) is 0 Å². The average molecular weight is 393 g/mol. The number of nitrogens with zero attached hydrogens (tertiary/aromatic N) is 3. The maximum atomic E-state index is 11.5. The van der Waals surface area contributed by atoms with Crippen LogP contribution in [0.15, 0.2) is 54.6 Å². The van der Waals surface area contributed by atoms with Gasteiger partial charge in [-0.2, -0.15) is 4.98 Å².